The van der Waals surface area contributed by atoms with Gasteiger partial charge < -0.3 is 9.80 Å². The summed E-state index contributed by atoms with van der Waals surface area (Å²) in [6.45, 7) is 12.4. The van der Waals surface area contributed by atoms with E-state index in [1.54, 1.807) is 9.80 Å². The van der Waals surface area contributed by atoms with E-state index in [9.17, 15) is 0 Å². The van der Waals surface area contributed by atoms with E-state index in [4.69, 9.17) is 0 Å². The van der Waals surface area contributed by atoms with Crippen LogP contribution in [0.4, 0.5) is 0 Å². The van der Waals surface area contributed by atoms with Crippen LogP contribution in [0, 0.1) is 0 Å². The molecule has 0 saturated carbocycles. The van der Waals surface area contributed by atoms with Gasteiger partial charge in [-0.1, -0.05) is 31.2 Å². The van der Waals surface area contributed by atoms with E-state index in [1.165, 1.54) is 50.4 Å². The first-order chi connectivity index (χ1) is 8.31. The molecule has 0 atom stereocenters. The third kappa shape index (κ3) is 3.55. The maximum Gasteiger partial charge on any atom is 0.127 e. The van der Waals surface area contributed by atoms with Crippen LogP contribution >= 0.6 is 0 Å². The molecule has 0 amide bonds. The van der Waals surface area contributed by atoms with Gasteiger partial charge in [-0.05, 0) is 18.9 Å². The molecular formula is C15H26N2+2. The third-order valence-corrected chi connectivity index (χ3v) is 4.05. The van der Waals surface area contributed by atoms with Crippen molar-refractivity contribution in [2.24, 2.45) is 0 Å². The minimum atomic E-state index is 1.14. The Morgan fingerprint density at radius 1 is 0.824 bits per heavy atom. The summed E-state index contributed by atoms with van der Waals surface area (Å²) in [5.41, 5.74) is 2.95. The van der Waals surface area contributed by atoms with Crippen LogP contribution in [0.25, 0.3) is 0 Å². The molecule has 0 bridgehead atoms. The Balaban J connectivity index is 1.84. The molecule has 1 heterocycles. The van der Waals surface area contributed by atoms with Crippen LogP contribution < -0.4 is 9.80 Å². The highest BCUT2D eigenvalue weighted by Crippen LogP contribution is 2.03. The number of hydrogen-bond donors (Lipinski definition) is 2. The first-order valence-corrected chi connectivity index (χ1v) is 7.06. The fourth-order valence-corrected chi connectivity index (χ4v) is 2.67. The smallest absolute Gasteiger partial charge is 0.127 e. The Hall–Kier alpha value is -0.860. The molecule has 1 aliphatic heterocycles. The van der Waals surface area contributed by atoms with Crippen LogP contribution in [0.2, 0.25) is 0 Å². The number of likely N-dealkylation sites (N-methyl/N-ethyl adjacent to an activating group) is 1. The molecule has 0 aliphatic carbocycles. The van der Waals surface area contributed by atoms with Crippen molar-refractivity contribution < 1.29 is 9.80 Å². The number of rotatable bonds is 4. The van der Waals surface area contributed by atoms with E-state index < -0.39 is 0 Å². The van der Waals surface area contributed by atoms with Crippen LogP contribution in [0.1, 0.15) is 25.0 Å². The van der Waals surface area contributed by atoms with Crippen molar-refractivity contribution in [3.05, 3.63) is 35.4 Å². The highest BCUT2D eigenvalue weighted by molar-refractivity contribution is 5.21. The van der Waals surface area contributed by atoms with Crippen LogP contribution in [0.5, 0.6) is 0 Å². The van der Waals surface area contributed by atoms with Gasteiger partial charge in [-0.25, -0.2) is 0 Å². The van der Waals surface area contributed by atoms with Crippen LogP contribution in [-0.4, -0.2) is 32.7 Å². The maximum absolute atomic E-state index is 2.31. The Morgan fingerprint density at radius 2 is 1.35 bits per heavy atom. The lowest BCUT2D eigenvalue weighted by Crippen LogP contribution is -3.27. The molecule has 1 fully saturated rings. The zero-order valence-electron chi connectivity index (χ0n) is 11.3. The van der Waals surface area contributed by atoms with Gasteiger partial charge in [0.1, 0.15) is 32.7 Å². The SMILES string of the molecule is CCc1ccc(C[NH+]2CC[NH+](CC)CC2)cc1. The van der Waals surface area contributed by atoms with Gasteiger partial charge in [0.05, 0.1) is 6.54 Å². The first kappa shape index (κ1) is 12.6. The second-order valence-corrected chi connectivity index (χ2v) is 5.20. The highest BCUT2D eigenvalue weighted by Gasteiger charge is 2.21. The van der Waals surface area contributed by atoms with Crippen LogP contribution in [0.3, 0.4) is 0 Å². The summed E-state index contributed by atoms with van der Waals surface area (Å²) in [4.78, 5) is 3.53. The molecule has 1 aliphatic rings. The van der Waals surface area contributed by atoms with Gasteiger partial charge in [0, 0.05) is 5.56 Å². The van der Waals surface area contributed by atoms with Crippen molar-refractivity contribution in [1.82, 2.24) is 0 Å². The molecule has 0 spiro atoms. The fourth-order valence-electron chi connectivity index (χ4n) is 2.67. The Morgan fingerprint density at radius 3 is 1.88 bits per heavy atom. The molecule has 2 rings (SSSR count). The van der Waals surface area contributed by atoms with Gasteiger partial charge in [0.2, 0.25) is 0 Å². The number of piperazine rings is 1. The largest absolute Gasteiger partial charge is 0.326 e. The summed E-state index contributed by atoms with van der Waals surface area (Å²) in [6, 6.07) is 9.18. The summed E-state index contributed by atoms with van der Waals surface area (Å²) in [5, 5.41) is 0. The molecule has 2 heteroatoms. The lowest BCUT2D eigenvalue weighted by molar-refractivity contribution is -1.02. The number of aryl methyl sites for hydroxylation is 1. The average Bonchev–Trinajstić information content (AvgIpc) is 2.40. The summed E-state index contributed by atoms with van der Waals surface area (Å²) in [6.07, 6.45) is 1.14. The van der Waals surface area contributed by atoms with Crippen LogP contribution in [0.15, 0.2) is 24.3 Å². The van der Waals surface area contributed by atoms with Crippen molar-refractivity contribution in [1.29, 1.82) is 0 Å². The van der Waals surface area contributed by atoms with E-state index in [0.717, 1.165) is 6.42 Å². The molecule has 1 aromatic carbocycles. The standard InChI is InChI=1S/C15H24N2/c1-3-14-5-7-15(8-6-14)13-17-11-9-16(4-2)10-12-17/h5-8H,3-4,9-13H2,1-2H3/p+2. The maximum atomic E-state index is 2.31. The zero-order chi connectivity index (χ0) is 12.1. The lowest BCUT2D eigenvalue weighted by atomic mass is 10.1. The molecule has 1 saturated heterocycles. The van der Waals surface area contributed by atoms with Gasteiger partial charge in [-0.2, -0.15) is 0 Å². The monoisotopic (exact) mass is 234 g/mol. The molecule has 94 valence electrons. The van der Waals surface area contributed by atoms with Crippen molar-refractivity contribution in [3.8, 4) is 0 Å². The molecule has 0 unspecified atom stereocenters. The first-order valence-electron chi connectivity index (χ1n) is 7.06. The normalized spacial score (nSPS) is 24.8. The molecule has 1 aromatic rings. The molecule has 0 aromatic heterocycles. The number of hydrogen-bond acceptors (Lipinski definition) is 0. The van der Waals surface area contributed by atoms with E-state index in [1.807, 2.05) is 0 Å². The summed E-state index contributed by atoms with van der Waals surface area (Å²) in [5.74, 6) is 0. The van der Waals surface area contributed by atoms with Crippen molar-refractivity contribution in [3.63, 3.8) is 0 Å². The number of benzene rings is 1. The summed E-state index contributed by atoms with van der Waals surface area (Å²) < 4.78 is 0. The topological polar surface area (TPSA) is 8.88 Å². The summed E-state index contributed by atoms with van der Waals surface area (Å²) in [7, 11) is 0. The molecular weight excluding hydrogens is 208 g/mol. The van der Waals surface area contributed by atoms with E-state index in [-0.39, 0.29) is 0 Å². The number of quaternary nitrogens is 2. The van der Waals surface area contributed by atoms with Crippen molar-refractivity contribution >= 4 is 0 Å². The summed E-state index contributed by atoms with van der Waals surface area (Å²) >= 11 is 0. The Kier molecular flexibility index (Phi) is 4.57. The van der Waals surface area contributed by atoms with Gasteiger partial charge in [0.25, 0.3) is 0 Å². The van der Waals surface area contributed by atoms with E-state index in [0.29, 0.717) is 0 Å². The minimum absolute atomic E-state index is 1.14. The minimum Gasteiger partial charge on any atom is -0.326 e. The third-order valence-electron chi connectivity index (χ3n) is 4.05. The predicted molar refractivity (Wildman–Crippen MR) is 71.5 cm³/mol. The average molecular weight is 234 g/mol. The fraction of sp³-hybridized carbons (Fsp3) is 0.600. The second-order valence-electron chi connectivity index (χ2n) is 5.20. The zero-order valence-corrected chi connectivity index (χ0v) is 11.3. The van der Waals surface area contributed by atoms with Gasteiger partial charge in [-0.3, -0.25) is 0 Å². The molecule has 0 radical (unpaired) electrons. The van der Waals surface area contributed by atoms with E-state index >= 15 is 0 Å². The van der Waals surface area contributed by atoms with Crippen LogP contribution in [-0.2, 0) is 13.0 Å². The van der Waals surface area contributed by atoms with E-state index in [2.05, 4.69) is 38.1 Å². The van der Waals surface area contributed by atoms with Gasteiger partial charge in [-0.15, -0.1) is 0 Å². The van der Waals surface area contributed by atoms with Gasteiger partial charge in [0.15, 0.2) is 0 Å². The quantitative estimate of drug-likeness (QED) is 0.698. The molecule has 17 heavy (non-hydrogen) atoms. The Bertz CT molecular complexity index is 323. The highest BCUT2D eigenvalue weighted by atomic mass is 15.3. The number of nitrogens with one attached hydrogen (secondary N) is 2. The lowest BCUT2D eigenvalue weighted by Gasteiger charge is -2.29. The second kappa shape index (κ2) is 6.18. The Labute approximate surface area is 105 Å². The van der Waals surface area contributed by atoms with Gasteiger partial charge >= 0.3 is 0 Å². The van der Waals surface area contributed by atoms with Crippen molar-refractivity contribution in [2.75, 3.05) is 32.7 Å². The molecule has 2 N–H and O–H groups in total. The predicted octanol–water partition coefficient (Wildman–Crippen LogP) is -0.448. The van der Waals surface area contributed by atoms with Crippen molar-refractivity contribution in [2.45, 2.75) is 26.8 Å². The molecule has 2 nitrogen and oxygen atoms in total.